The van der Waals surface area contributed by atoms with E-state index in [1.165, 1.54) is 11.3 Å². The van der Waals surface area contributed by atoms with Crippen molar-refractivity contribution >= 4 is 23.2 Å². The van der Waals surface area contributed by atoms with E-state index in [1.54, 1.807) is 4.90 Å². The Morgan fingerprint density at radius 1 is 1.35 bits per heavy atom. The van der Waals surface area contributed by atoms with E-state index in [0.717, 1.165) is 43.5 Å². The molecule has 0 radical (unpaired) electrons. The van der Waals surface area contributed by atoms with Crippen LogP contribution >= 0.6 is 11.3 Å². The van der Waals surface area contributed by atoms with Crippen LogP contribution in [0.4, 0.5) is 0 Å². The van der Waals surface area contributed by atoms with Gasteiger partial charge >= 0.3 is 0 Å². The van der Waals surface area contributed by atoms with Gasteiger partial charge in [0.1, 0.15) is 6.04 Å². The molecule has 126 valence electrons. The molecule has 2 saturated heterocycles. The summed E-state index contributed by atoms with van der Waals surface area (Å²) in [6.45, 7) is 3.76. The van der Waals surface area contributed by atoms with Crippen LogP contribution in [0.1, 0.15) is 48.7 Å². The van der Waals surface area contributed by atoms with Gasteiger partial charge in [-0.15, -0.1) is 11.3 Å². The Labute approximate surface area is 141 Å². The zero-order valence-corrected chi connectivity index (χ0v) is 14.4. The highest BCUT2D eigenvalue weighted by atomic mass is 32.1. The lowest BCUT2D eigenvalue weighted by molar-refractivity contribution is -0.127. The molecule has 23 heavy (non-hydrogen) atoms. The second-order valence-electron chi connectivity index (χ2n) is 6.57. The minimum Gasteiger partial charge on any atom is -0.351 e. The van der Waals surface area contributed by atoms with Crippen molar-refractivity contribution < 1.29 is 9.59 Å². The largest absolute Gasteiger partial charge is 0.351 e. The van der Waals surface area contributed by atoms with E-state index in [1.807, 2.05) is 17.5 Å². The van der Waals surface area contributed by atoms with Gasteiger partial charge in [0.15, 0.2) is 0 Å². The molecule has 1 aromatic rings. The molecule has 2 aliphatic heterocycles. The van der Waals surface area contributed by atoms with Gasteiger partial charge in [-0.1, -0.05) is 6.07 Å². The Hall–Kier alpha value is -1.40. The standard InChI is InChI=1S/C17H25N3O2S/c1-12-11-13(7-8-18-12)19-16(21)14-5-2-3-9-20(14)17(22)15-6-4-10-23-15/h4,6,10,12-14,18H,2-3,5,7-9,11H2,1H3,(H,19,21). The zero-order chi connectivity index (χ0) is 16.2. The van der Waals surface area contributed by atoms with Gasteiger partial charge in [0, 0.05) is 18.6 Å². The Morgan fingerprint density at radius 3 is 2.96 bits per heavy atom. The fraction of sp³-hybridized carbons (Fsp3) is 0.647. The summed E-state index contributed by atoms with van der Waals surface area (Å²) < 4.78 is 0. The van der Waals surface area contributed by atoms with Crippen LogP contribution in [0, 0.1) is 0 Å². The summed E-state index contributed by atoms with van der Waals surface area (Å²) in [6.07, 6.45) is 4.67. The molecule has 0 aliphatic carbocycles. The summed E-state index contributed by atoms with van der Waals surface area (Å²) >= 11 is 1.44. The highest BCUT2D eigenvalue weighted by molar-refractivity contribution is 7.12. The summed E-state index contributed by atoms with van der Waals surface area (Å²) in [4.78, 5) is 27.9. The lowest BCUT2D eigenvalue weighted by Gasteiger charge is -2.36. The number of hydrogen-bond donors (Lipinski definition) is 2. The average molecular weight is 335 g/mol. The number of amides is 2. The third-order valence-electron chi connectivity index (χ3n) is 4.77. The van der Waals surface area contributed by atoms with Crippen molar-refractivity contribution in [2.75, 3.05) is 13.1 Å². The Kier molecular flexibility index (Phi) is 5.33. The van der Waals surface area contributed by atoms with Crippen LogP contribution in [-0.4, -0.2) is 47.9 Å². The first-order valence-corrected chi connectivity index (χ1v) is 9.41. The molecule has 0 aromatic carbocycles. The number of likely N-dealkylation sites (tertiary alicyclic amines) is 1. The smallest absolute Gasteiger partial charge is 0.264 e. The highest BCUT2D eigenvalue weighted by Crippen LogP contribution is 2.22. The van der Waals surface area contributed by atoms with Gasteiger partial charge in [-0.25, -0.2) is 0 Å². The predicted molar refractivity (Wildman–Crippen MR) is 91.6 cm³/mol. The summed E-state index contributed by atoms with van der Waals surface area (Å²) in [5, 5.41) is 8.48. The van der Waals surface area contributed by atoms with Crippen molar-refractivity contribution in [3.05, 3.63) is 22.4 Å². The predicted octanol–water partition coefficient (Wildman–Crippen LogP) is 2.00. The maximum atomic E-state index is 12.7. The molecule has 0 spiro atoms. The maximum Gasteiger partial charge on any atom is 0.264 e. The van der Waals surface area contributed by atoms with Crippen LogP contribution in [0.2, 0.25) is 0 Å². The van der Waals surface area contributed by atoms with Gasteiger partial charge in [0.05, 0.1) is 4.88 Å². The molecule has 3 heterocycles. The van der Waals surface area contributed by atoms with Crippen molar-refractivity contribution in [2.45, 2.75) is 57.2 Å². The first-order chi connectivity index (χ1) is 11.1. The van der Waals surface area contributed by atoms with Crippen molar-refractivity contribution in [1.82, 2.24) is 15.5 Å². The zero-order valence-electron chi connectivity index (χ0n) is 13.6. The van der Waals surface area contributed by atoms with Gasteiger partial charge in [0.25, 0.3) is 5.91 Å². The molecular weight excluding hydrogens is 310 g/mol. The van der Waals surface area contributed by atoms with Crippen LogP contribution in [-0.2, 0) is 4.79 Å². The van der Waals surface area contributed by atoms with Crippen LogP contribution < -0.4 is 10.6 Å². The SMILES string of the molecule is CC1CC(NC(=O)C2CCCCN2C(=O)c2cccs2)CCN1. The lowest BCUT2D eigenvalue weighted by Crippen LogP contribution is -2.55. The minimum absolute atomic E-state index is 0.00136. The van der Waals surface area contributed by atoms with Crippen molar-refractivity contribution in [3.63, 3.8) is 0 Å². The summed E-state index contributed by atoms with van der Waals surface area (Å²) in [5.74, 6) is 0.0206. The van der Waals surface area contributed by atoms with E-state index in [0.29, 0.717) is 12.6 Å². The number of rotatable bonds is 3. The molecule has 3 atom stereocenters. The normalized spacial score (nSPS) is 28.4. The number of thiophene rings is 1. The van der Waals surface area contributed by atoms with Crippen molar-refractivity contribution in [1.29, 1.82) is 0 Å². The van der Waals surface area contributed by atoms with E-state index < -0.39 is 0 Å². The molecule has 6 heteroatoms. The number of piperidine rings is 2. The third-order valence-corrected chi connectivity index (χ3v) is 5.63. The minimum atomic E-state index is -0.316. The van der Waals surface area contributed by atoms with Crippen LogP contribution in [0.5, 0.6) is 0 Å². The topological polar surface area (TPSA) is 61.4 Å². The molecule has 0 bridgehead atoms. The number of nitrogens with zero attached hydrogens (tertiary/aromatic N) is 1. The molecule has 3 unspecified atom stereocenters. The first kappa shape index (κ1) is 16.5. The summed E-state index contributed by atoms with van der Waals surface area (Å²) in [5.41, 5.74) is 0. The van der Waals surface area contributed by atoms with Gasteiger partial charge in [-0.3, -0.25) is 9.59 Å². The van der Waals surface area contributed by atoms with Crippen LogP contribution in [0.15, 0.2) is 17.5 Å². The molecule has 2 fully saturated rings. The number of carbonyl (C=O) groups excluding carboxylic acids is 2. The fourth-order valence-corrected chi connectivity index (χ4v) is 4.23. The van der Waals surface area contributed by atoms with E-state index in [9.17, 15) is 9.59 Å². The second kappa shape index (κ2) is 7.45. The van der Waals surface area contributed by atoms with Gasteiger partial charge in [0.2, 0.25) is 5.91 Å². The molecule has 2 N–H and O–H groups in total. The highest BCUT2D eigenvalue weighted by Gasteiger charge is 2.34. The van der Waals surface area contributed by atoms with Gasteiger partial charge in [-0.05, 0) is 57.0 Å². The Morgan fingerprint density at radius 2 is 2.22 bits per heavy atom. The van der Waals surface area contributed by atoms with E-state index >= 15 is 0 Å². The van der Waals surface area contributed by atoms with E-state index in [-0.39, 0.29) is 23.9 Å². The molecule has 2 amide bonds. The molecule has 0 saturated carbocycles. The fourth-order valence-electron chi connectivity index (χ4n) is 3.55. The Balaban J connectivity index is 1.65. The Bertz CT molecular complexity index is 546. The van der Waals surface area contributed by atoms with Crippen molar-refractivity contribution in [2.24, 2.45) is 0 Å². The van der Waals surface area contributed by atoms with Crippen molar-refractivity contribution in [3.8, 4) is 0 Å². The monoisotopic (exact) mass is 335 g/mol. The molecule has 3 rings (SSSR count). The van der Waals surface area contributed by atoms with Crippen LogP contribution in [0.3, 0.4) is 0 Å². The number of hydrogen-bond acceptors (Lipinski definition) is 4. The van der Waals surface area contributed by atoms with Crippen LogP contribution in [0.25, 0.3) is 0 Å². The maximum absolute atomic E-state index is 12.7. The van der Waals surface area contributed by atoms with Gasteiger partial charge in [-0.2, -0.15) is 0 Å². The lowest BCUT2D eigenvalue weighted by atomic mass is 9.97. The average Bonchev–Trinajstić information content (AvgIpc) is 3.08. The number of nitrogens with one attached hydrogen (secondary N) is 2. The molecule has 1 aromatic heterocycles. The second-order valence-corrected chi connectivity index (χ2v) is 7.52. The third kappa shape index (κ3) is 3.93. The van der Waals surface area contributed by atoms with E-state index in [2.05, 4.69) is 17.6 Å². The number of carbonyl (C=O) groups is 2. The first-order valence-electron chi connectivity index (χ1n) is 8.53. The summed E-state index contributed by atoms with van der Waals surface area (Å²) in [7, 11) is 0. The molecule has 5 nitrogen and oxygen atoms in total. The summed E-state index contributed by atoms with van der Waals surface area (Å²) in [6, 6.07) is 4.06. The quantitative estimate of drug-likeness (QED) is 0.888. The molecule has 2 aliphatic rings. The molecular formula is C17H25N3O2S. The van der Waals surface area contributed by atoms with E-state index in [4.69, 9.17) is 0 Å². The van der Waals surface area contributed by atoms with Gasteiger partial charge < -0.3 is 15.5 Å².